The van der Waals surface area contributed by atoms with Crippen LogP contribution in [0.4, 0.5) is 0 Å². The Kier molecular flexibility index (Phi) is 53.2. The van der Waals surface area contributed by atoms with Gasteiger partial charge in [0.2, 0.25) is 0 Å². The quantitative estimate of drug-likeness (QED) is 0.0262. The van der Waals surface area contributed by atoms with Crippen molar-refractivity contribution in [1.82, 2.24) is 0 Å². The van der Waals surface area contributed by atoms with Crippen LogP contribution < -0.4 is 0 Å². The van der Waals surface area contributed by atoms with Crippen LogP contribution in [-0.2, 0) is 28.6 Å². The summed E-state index contributed by atoms with van der Waals surface area (Å²) in [6, 6.07) is 0. The molecule has 1 atom stereocenters. The average molecular weight is 928 g/mol. The Labute approximate surface area is 410 Å². The van der Waals surface area contributed by atoms with E-state index in [0.717, 1.165) is 89.9 Å². The van der Waals surface area contributed by atoms with E-state index in [4.69, 9.17) is 14.2 Å². The Morgan fingerprint density at radius 3 is 0.909 bits per heavy atom. The smallest absolute Gasteiger partial charge is 0.306 e. The maximum atomic E-state index is 12.8. The van der Waals surface area contributed by atoms with E-state index in [-0.39, 0.29) is 31.1 Å². The molecule has 0 saturated heterocycles. The number of unbranched alkanes of at least 4 members (excludes halogenated alkanes) is 36. The van der Waals surface area contributed by atoms with Crippen LogP contribution in [0.1, 0.15) is 310 Å². The van der Waals surface area contributed by atoms with Gasteiger partial charge >= 0.3 is 17.9 Å². The molecule has 1 unspecified atom stereocenters. The molecule has 0 aliphatic heterocycles. The number of carbonyl (C=O) groups excluding carboxylic acids is 3. The molecular weight excluding hydrogens is 817 g/mol. The summed E-state index contributed by atoms with van der Waals surface area (Å²) in [7, 11) is 0. The molecular formula is C60H110O6. The maximum absolute atomic E-state index is 12.8. The van der Waals surface area contributed by atoms with Gasteiger partial charge in [0.1, 0.15) is 13.2 Å². The molecule has 0 aliphatic rings. The largest absolute Gasteiger partial charge is 0.462 e. The van der Waals surface area contributed by atoms with E-state index in [0.29, 0.717) is 19.3 Å². The molecule has 0 heterocycles. The molecule has 6 heteroatoms. The Hall–Kier alpha value is -2.37. The molecule has 0 N–H and O–H groups in total. The highest BCUT2D eigenvalue weighted by Crippen LogP contribution is 2.17. The second-order valence-corrected chi connectivity index (χ2v) is 19.6. The van der Waals surface area contributed by atoms with Crippen LogP contribution >= 0.6 is 0 Å². The van der Waals surface area contributed by atoms with Crippen molar-refractivity contribution in [1.29, 1.82) is 0 Å². The molecule has 0 aromatic heterocycles. The molecule has 66 heavy (non-hydrogen) atoms. The van der Waals surface area contributed by atoms with E-state index < -0.39 is 6.10 Å². The van der Waals surface area contributed by atoms with E-state index in [2.05, 4.69) is 57.2 Å². The molecule has 0 rings (SSSR count). The molecule has 0 radical (unpaired) electrons. The zero-order valence-corrected chi connectivity index (χ0v) is 44.2. The van der Waals surface area contributed by atoms with Gasteiger partial charge in [0, 0.05) is 19.3 Å². The lowest BCUT2D eigenvalue weighted by molar-refractivity contribution is -0.167. The van der Waals surface area contributed by atoms with E-state index in [1.165, 1.54) is 180 Å². The van der Waals surface area contributed by atoms with Crippen molar-refractivity contribution in [2.24, 2.45) is 0 Å². The highest BCUT2D eigenvalue weighted by atomic mass is 16.6. The predicted molar refractivity (Wildman–Crippen MR) is 284 cm³/mol. The molecule has 0 aromatic rings. The Bertz CT molecular complexity index is 1110. The van der Waals surface area contributed by atoms with Gasteiger partial charge in [-0.25, -0.2) is 0 Å². The van der Waals surface area contributed by atoms with Crippen LogP contribution in [0.25, 0.3) is 0 Å². The molecule has 0 fully saturated rings. The fourth-order valence-corrected chi connectivity index (χ4v) is 8.46. The summed E-state index contributed by atoms with van der Waals surface area (Å²) in [6.07, 6.45) is 65.7. The van der Waals surface area contributed by atoms with E-state index in [9.17, 15) is 14.4 Å². The number of allylic oxidation sites excluding steroid dienone is 6. The Morgan fingerprint density at radius 2 is 0.561 bits per heavy atom. The minimum absolute atomic E-state index is 0.0771. The van der Waals surface area contributed by atoms with Gasteiger partial charge in [-0.1, -0.05) is 256 Å². The fourth-order valence-electron chi connectivity index (χ4n) is 8.46. The summed E-state index contributed by atoms with van der Waals surface area (Å²) in [6.45, 7) is 6.61. The molecule has 0 amide bonds. The topological polar surface area (TPSA) is 78.9 Å². The molecule has 386 valence electrons. The molecule has 0 aromatic carbocycles. The van der Waals surface area contributed by atoms with Crippen LogP contribution in [0.2, 0.25) is 0 Å². The van der Waals surface area contributed by atoms with Gasteiger partial charge in [0.05, 0.1) is 0 Å². The minimum atomic E-state index is -0.779. The van der Waals surface area contributed by atoms with Gasteiger partial charge in [0.25, 0.3) is 0 Å². The second-order valence-electron chi connectivity index (χ2n) is 19.6. The lowest BCUT2D eigenvalue weighted by Crippen LogP contribution is -2.30. The SMILES string of the molecule is CCCC/C=C\CCCCCCCC(=O)OCC(COC(=O)CCCCCCCCCCCCCCCCCCCCCCC)OC(=O)CCCCCCC/C=C\C/C=C\CCCCCC. The molecule has 0 aliphatic carbocycles. The normalized spacial score (nSPS) is 12.2. The van der Waals surface area contributed by atoms with E-state index >= 15 is 0 Å². The summed E-state index contributed by atoms with van der Waals surface area (Å²) in [5, 5.41) is 0. The summed E-state index contributed by atoms with van der Waals surface area (Å²) in [4.78, 5) is 38.1. The first-order valence-corrected chi connectivity index (χ1v) is 29.0. The second kappa shape index (κ2) is 55.2. The van der Waals surface area contributed by atoms with Gasteiger partial charge in [-0.15, -0.1) is 0 Å². The van der Waals surface area contributed by atoms with E-state index in [1.807, 2.05) is 0 Å². The molecule has 6 nitrogen and oxygen atoms in total. The van der Waals surface area contributed by atoms with Gasteiger partial charge in [0.15, 0.2) is 6.10 Å². The van der Waals surface area contributed by atoms with Crippen LogP contribution in [0, 0.1) is 0 Å². The van der Waals surface area contributed by atoms with E-state index in [1.54, 1.807) is 0 Å². The summed E-state index contributed by atoms with van der Waals surface area (Å²) < 4.78 is 16.8. The number of rotatable bonds is 53. The van der Waals surface area contributed by atoms with Crippen molar-refractivity contribution in [3.63, 3.8) is 0 Å². The van der Waals surface area contributed by atoms with Crippen LogP contribution in [0.3, 0.4) is 0 Å². The first-order valence-electron chi connectivity index (χ1n) is 29.0. The number of hydrogen-bond acceptors (Lipinski definition) is 6. The Morgan fingerprint density at radius 1 is 0.303 bits per heavy atom. The summed E-state index contributed by atoms with van der Waals surface area (Å²) in [5.41, 5.74) is 0. The highest BCUT2D eigenvalue weighted by molar-refractivity contribution is 5.71. The third-order valence-corrected chi connectivity index (χ3v) is 12.9. The lowest BCUT2D eigenvalue weighted by atomic mass is 10.0. The maximum Gasteiger partial charge on any atom is 0.306 e. The Balaban J connectivity index is 4.28. The number of ether oxygens (including phenoxy) is 3. The van der Waals surface area contributed by atoms with Crippen molar-refractivity contribution in [2.45, 2.75) is 316 Å². The van der Waals surface area contributed by atoms with Crippen LogP contribution in [-0.4, -0.2) is 37.2 Å². The lowest BCUT2D eigenvalue weighted by Gasteiger charge is -2.18. The number of hydrogen-bond donors (Lipinski definition) is 0. The molecule has 0 spiro atoms. The standard InChI is InChI=1S/C60H110O6/c1-4-7-10-13-16-19-22-24-26-28-29-30-31-32-34-35-38-41-44-47-50-53-59(62)65-56-57(55-64-58(61)52-49-46-43-40-37-21-18-15-12-9-6-3)66-60(63)54-51-48-45-42-39-36-33-27-25-23-20-17-14-11-8-5-2/h15,18,20,23,27,33,57H,4-14,16-17,19,21-22,24-26,28-32,34-56H2,1-3H3/b18-15-,23-20-,33-27-. The van der Waals surface area contributed by atoms with Gasteiger partial charge < -0.3 is 14.2 Å². The van der Waals surface area contributed by atoms with Crippen LogP contribution in [0.5, 0.6) is 0 Å². The van der Waals surface area contributed by atoms with Crippen molar-refractivity contribution in [3.05, 3.63) is 36.5 Å². The van der Waals surface area contributed by atoms with Crippen molar-refractivity contribution in [3.8, 4) is 0 Å². The third-order valence-electron chi connectivity index (χ3n) is 12.9. The average Bonchev–Trinajstić information content (AvgIpc) is 3.31. The van der Waals surface area contributed by atoms with Gasteiger partial charge in [-0.2, -0.15) is 0 Å². The summed E-state index contributed by atoms with van der Waals surface area (Å²) in [5.74, 6) is -0.885. The van der Waals surface area contributed by atoms with Crippen molar-refractivity contribution >= 4 is 17.9 Å². The monoisotopic (exact) mass is 927 g/mol. The van der Waals surface area contributed by atoms with Crippen molar-refractivity contribution < 1.29 is 28.6 Å². The molecule has 0 bridgehead atoms. The molecule has 0 saturated carbocycles. The first kappa shape index (κ1) is 63.6. The number of carbonyl (C=O) groups is 3. The number of esters is 3. The third kappa shape index (κ3) is 52.6. The predicted octanol–water partition coefficient (Wildman–Crippen LogP) is 19.3. The van der Waals surface area contributed by atoms with Crippen LogP contribution in [0.15, 0.2) is 36.5 Å². The zero-order chi connectivity index (χ0) is 47.9. The zero-order valence-electron chi connectivity index (χ0n) is 44.2. The van der Waals surface area contributed by atoms with Gasteiger partial charge in [-0.3, -0.25) is 14.4 Å². The first-order chi connectivity index (χ1) is 32.5. The minimum Gasteiger partial charge on any atom is -0.462 e. The van der Waals surface area contributed by atoms with Crippen molar-refractivity contribution in [2.75, 3.05) is 13.2 Å². The highest BCUT2D eigenvalue weighted by Gasteiger charge is 2.19. The fraction of sp³-hybridized carbons (Fsp3) is 0.850. The van der Waals surface area contributed by atoms with Gasteiger partial charge in [-0.05, 0) is 70.6 Å². The summed E-state index contributed by atoms with van der Waals surface area (Å²) >= 11 is 0.